The molecule has 2 saturated heterocycles. The average molecular weight is 473 g/mol. The summed E-state index contributed by atoms with van der Waals surface area (Å²) in [6.07, 6.45) is 0. The minimum atomic E-state index is -3.91. The van der Waals surface area contributed by atoms with E-state index in [2.05, 4.69) is 4.90 Å². The third-order valence-electron chi connectivity index (χ3n) is 5.77. The summed E-state index contributed by atoms with van der Waals surface area (Å²) in [6, 6.07) is 11.4. The molecule has 2 atom stereocenters. The van der Waals surface area contributed by atoms with E-state index >= 15 is 0 Å². The summed E-state index contributed by atoms with van der Waals surface area (Å²) in [5.74, 6) is -1.14. The first kappa shape index (κ1) is 21.5. The second-order valence-corrected chi connectivity index (χ2v) is 12.4. The van der Waals surface area contributed by atoms with Gasteiger partial charge >= 0.3 is 0 Å². The Balaban J connectivity index is 1.54. The van der Waals surface area contributed by atoms with E-state index in [-0.39, 0.29) is 10.6 Å². The summed E-state index contributed by atoms with van der Waals surface area (Å²) in [4.78, 5) is 4.06. The van der Waals surface area contributed by atoms with Crippen molar-refractivity contribution in [1.82, 2.24) is 4.90 Å². The van der Waals surface area contributed by atoms with Gasteiger partial charge in [-0.1, -0.05) is 17.7 Å². The molecule has 30 heavy (non-hydrogen) atoms. The molecule has 0 spiro atoms. The maximum atomic E-state index is 13.2. The van der Waals surface area contributed by atoms with Gasteiger partial charge in [-0.15, -0.1) is 0 Å². The van der Waals surface area contributed by atoms with Crippen LogP contribution in [-0.4, -0.2) is 70.7 Å². The highest BCUT2D eigenvalue weighted by Crippen LogP contribution is 2.30. The molecule has 2 aliphatic rings. The number of nitrogens with zero attached hydrogens (tertiary/aromatic N) is 2. The molecule has 2 fully saturated rings. The Hall–Kier alpha value is -1.68. The first-order chi connectivity index (χ1) is 14.2. The summed E-state index contributed by atoms with van der Waals surface area (Å²) in [6.45, 7) is 2.37. The first-order valence-electron chi connectivity index (χ1n) is 9.60. The lowest BCUT2D eigenvalue weighted by atomic mass is 10.1. The van der Waals surface area contributed by atoms with Crippen LogP contribution in [0.25, 0.3) is 0 Å². The van der Waals surface area contributed by atoms with Crippen molar-refractivity contribution in [3.63, 3.8) is 0 Å². The Labute approximate surface area is 181 Å². The fourth-order valence-electron chi connectivity index (χ4n) is 4.22. The largest absolute Gasteiger partial charge is 0.369 e. The molecular weight excluding hydrogens is 451 g/mol. The van der Waals surface area contributed by atoms with Gasteiger partial charge in [0.15, 0.2) is 19.7 Å². The van der Waals surface area contributed by atoms with Crippen molar-refractivity contribution in [2.45, 2.75) is 16.2 Å². The molecule has 0 saturated carbocycles. The number of piperazine rings is 1. The van der Waals surface area contributed by atoms with Crippen molar-refractivity contribution < 1.29 is 21.2 Å². The molecule has 2 aromatic carbocycles. The van der Waals surface area contributed by atoms with Gasteiger partial charge < -0.3 is 4.90 Å². The maximum absolute atomic E-state index is 13.2. The third kappa shape index (κ3) is 4.34. The van der Waals surface area contributed by atoms with E-state index in [4.69, 9.17) is 11.6 Å². The van der Waals surface area contributed by atoms with Crippen molar-refractivity contribution in [3.8, 4) is 0 Å². The molecule has 2 unspecified atom stereocenters. The highest BCUT2D eigenvalue weighted by atomic mass is 35.5. The van der Waals surface area contributed by atoms with Gasteiger partial charge in [0.2, 0.25) is 0 Å². The summed E-state index contributed by atoms with van der Waals surface area (Å²) in [5.41, 5.74) is 0.983. The van der Waals surface area contributed by atoms with Gasteiger partial charge in [-0.05, 0) is 42.5 Å². The number of rotatable bonds is 4. The van der Waals surface area contributed by atoms with Crippen molar-refractivity contribution in [1.29, 1.82) is 0 Å². The molecule has 0 aromatic heterocycles. The van der Waals surface area contributed by atoms with Crippen LogP contribution in [-0.2, 0) is 19.7 Å². The van der Waals surface area contributed by atoms with E-state index < -0.39 is 42.5 Å². The van der Waals surface area contributed by atoms with Gasteiger partial charge in [-0.25, -0.2) is 21.2 Å². The Morgan fingerprint density at radius 3 is 2.27 bits per heavy atom. The quantitative estimate of drug-likeness (QED) is 0.635. The van der Waals surface area contributed by atoms with Crippen LogP contribution < -0.4 is 4.90 Å². The molecular formula is C20H22ClFN2O4S2. The molecule has 4 rings (SSSR count). The van der Waals surface area contributed by atoms with Crippen molar-refractivity contribution in [2.24, 2.45) is 0 Å². The number of halogens is 2. The van der Waals surface area contributed by atoms with Crippen LogP contribution in [0.4, 0.5) is 10.1 Å². The zero-order valence-electron chi connectivity index (χ0n) is 16.1. The smallest absolute Gasteiger partial charge is 0.183 e. The molecule has 0 N–H and O–H groups in total. The minimum Gasteiger partial charge on any atom is -0.369 e. The van der Waals surface area contributed by atoms with Crippen LogP contribution in [0, 0.1) is 5.82 Å². The minimum absolute atomic E-state index is 0.0476. The first-order valence-corrected chi connectivity index (χ1v) is 13.3. The molecule has 2 heterocycles. The fourth-order valence-corrected chi connectivity index (χ4v) is 9.23. The van der Waals surface area contributed by atoms with E-state index in [9.17, 15) is 21.2 Å². The Kier molecular flexibility index (Phi) is 5.82. The predicted octanol–water partition coefficient (Wildman–Crippen LogP) is 2.24. The Morgan fingerprint density at radius 2 is 1.63 bits per heavy atom. The van der Waals surface area contributed by atoms with Crippen molar-refractivity contribution in [3.05, 3.63) is 59.4 Å². The number of hydrogen-bond acceptors (Lipinski definition) is 6. The molecule has 0 aliphatic carbocycles. The SMILES string of the molecule is O=S1(=O)CC(N2CCN(c3cccc(Cl)c3)CC2)C(S(=O)(=O)c2ccc(F)cc2)C1. The normalized spacial score (nSPS) is 24.8. The molecule has 162 valence electrons. The second-order valence-electron chi connectivity index (χ2n) is 7.68. The van der Waals surface area contributed by atoms with Gasteiger partial charge in [0.1, 0.15) is 5.82 Å². The van der Waals surface area contributed by atoms with Crippen LogP contribution in [0.1, 0.15) is 0 Å². The summed E-state index contributed by atoms with van der Waals surface area (Å²) < 4.78 is 64.3. The number of anilines is 1. The van der Waals surface area contributed by atoms with E-state index in [0.29, 0.717) is 31.2 Å². The van der Waals surface area contributed by atoms with Gasteiger partial charge in [-0.3, -0.25) is 4.90 Å². The summed E-state index contributed by atoms with van der Waals surface area (Å²) >= 11 is 6.07. The molecule has 2 aliphatic heterocycles. The van der Waals surface area contributed by atoms with E-state index in [1.165, 1.54) is 12.1 Å². The van der Waals surface area contributed by atoms with Gasteiger partial charge in [-0.2, -0.15) is 0 Å². The molecule has 6 nitrogen and oxygen atoms in total. The van der Waals surface area contributed by atoms with E-state index in [0.717, 1.165) is 17.8 Å². The summed E-state index contributed by atoms with van der Waals surface area (Å²) in [5, 5.41) is -0.423. The molecule has 2 aromatic rings. The highest BCUT2D eigenvalue weighted by Gasteiger charge is 2.48. The van der Waals surface area contributed by atoms with E-state index in [1.54, 1.807) is 6.07 Å². The maximum Gasteiger partial charge on any atom is 0.183 e. The Morgan fingerprint density at radius 1 is 0.967 bits per heavy atom. The Bertz CT molecular complexity index is 1130. The van der Waals surface area contributed by atoms with Crippen LogP contribution in [0.2, 0.25) is 5.02 Å². The second kappa shape index (κ2) is 8.11. The van der Waals surface area contributed by atoms with Crippen LogP contribution in [0.15, 0.2) is 53.4 Å². The van der Waals surface area contributed by atoms with Gasteiger partial charge in [0, 0.05) is 42.9 Å². The van der Waals surface area contributed by atoms with Crippen LogP contribution >= 0.6 is 11.6 Å². The fraction of sp³-hybridized carbons (Fsp3) is 0.400. The van der Waals surface area contributed by atoms with Gasteiger partial charge in [0.05, 0.1) is 21.7 Å². The topological polar surface area (TPSA) is 74.8 Å². The lowest BCUT2D eigenvalue weighted by Crippen LogP contribution is -2.55. The average Bonchev–Trinajstić information content (AvgIpc) is 3.05. The third-order valence-corrected chi connectivity index (χ3v) is 10.1. The lowest BCUT2D eigenvalue weighted by Gasteiger charge is -2.40. The predicted molar refractivity (Wildman–Crippen MR) is 115 cm³/mol. The number of sulfone groups is 2. The zero-order valence-corrected chi connectivity index (χ0v) is 18.5. The van der Waals surface area contributed by atoms with Crippen molar-refractivity contribution >= 4 is 37.0 Å². The summed E-state index contributed by atoms with van der Waals surface area (Å²) in [7, 11) is -7.41. The van der Waals surface area contributed by atoms with Crippen LogP contribution in [0.3, 0.4) is 0 Å². The molecule has 0 radical (unpaired) electrons. The number of benzene rings is 2. The van der Waals surface area contributed by atoms with Crippen LogP contribution in [0.5, 0.6) is 0 Å². The molecule has 10 heteroatoms. The molecule has 0 bridgehead atoms. The standard InChI is InChI=1S/C20H22ClFN2O4S2/c21-15-2-1-3-17(12-15)23-8-10-24(11-9-23)19-13-29(25,26)14-20(19)30(27,28)18-6-4-16(22)5-7-18/h1-7,12,19-20H,8-11,13-14H2. The van der Waals surface area contributed by atoms with Crippen molar-refractivity contribution in [2.75, 3.05) is 42.6 Å². The zero-order chi connectivity index (χ0) is 21.5. The van der Waals surface area contributed by atoms with Gasteiger partial charge in [0.25, 0.3) is 0 Å². The highest BCUT2D eigenvalue weighted by molar-refractivity contribution is 7.96. The van der Waals surface area contributed by atoms with E-state index in [1.807, 2.05) is 23.1 Å². The number of hydrogen-bond donors (Lipinski definition) is 0. The monoisotopic (exact) mass is 472 g/mol. The lowest BCUT2D eigenvalue weighted by molar-refractivity contribution is 0.201. The molecule has 0 amide bonds.